The van der Waals surface area contributed by atoms with Crippen molar-refractivity contribution in [1.82, 2.24) is 5.16 Å². The first-order valence-corrected chi connectivity index (χ1v) is 11.2. The number of hydrogen-bond donors (Lipinski definition) is 3. The maximum atomic E-state index is 13.1. The van der Waals surface area contributed by atoms with Crippen LogP contribution in [0.2, 0.25) is 0 Å². The van der Waals surface area contributed by atoms with Gasteiger partial charge in [0.2, 0.25) is 11.8 Å². The maximum absolute atomic E-state index is 13.1. The zero-order valence-electron chi connectivity index (χ0n) is 20.5. The molecule has 3 aromatic carbocycles. The SMILES string of the molecule is CC(=O)Nc1cc2onc(C(=O)Nc3ccc(C#N)cc3C(=O)O)c2cc1-c1ccc(N(C)C(C)=O)cc1. The Kier molecular flexibility index (Phi) is 6.89. The highest BCUT2D eigenvalue weighted by Crippen LogP contribution is 2.35. The average Bonchev–Trinajstić information content (AvgIpc) is 3.30. The third kappa shape index (κ3) is 5.05. The van der Waals surface area contributed by atoms with Gasteiger partial charge < -0.3 is 25.2 Å². The average molecular weight is 511 g/mol. The summed E-state index contributed by atoms with van der Waals surface area (Å²) in [5.41, 5.74) is 2.30. The molecule has 11 nitrogen and oxygen atoms in total. The number of aromatic carboxylic acids is 1. The number of nitriles is 1. The number of carbonyl (C=O) groups excluding carboxylic acids is 3. The zero-order chi connectivity index (χ0) is 27.6. The molecule has 3 N–H and O–H groups in total. The van der Waals surface area contributed by atoms with Crippen molar-refractivity contribution in [2.45, 2.75) is 13.8 Å². The molecule has 0 bridgehead atoms. The number of carbonyl (C=O) groups is 4. The molecule has 0 aliphatic heterocycles. The third-order valence-electron chi connectivity index (χ3n) is 5.80. The maximum Gasteiger partial charge on any atom is 0.337 e. The molecule has 4 aromatic rings. The molecular formula is C27H21N5O6. The van der Waals surface area contributed by atoms with Crippen LogP contribution in [0.25, 0.3) is 22.1 Å². The fraction of sp³-hybridized carbons (Fsp3) is 0.111. The van der Waals surface area contributed by atoms with E-state index in [4.69, 9.17) is 9.78 Å². The predicted octanol–water partition coefficient (Wildman–Crippen LogP) is 4.26. The molecule has 38 heavy (non-hydrogen) atoms. The van der Waals surface area contributed by atoms with E-state index in [0.29, 0.717) is 27.9 Å². The summed E-state index contributed by atoms with van der Waals surface area (Å²) in [5, 5.41) is 28.0. The Hall–Kier alpha value is -5.50. The first-order valence-electron chi connectivity index (χ1n) is 11.2. The molecule has 190 valence electrons. The lowest BCUT2D eigenvalue weighted by Gasteiger charge is -2.16. The molecule has 0 aliphatic rings. The highest BCUT2D eigenvalue weighted by Gasteiger charge is 2.22. The Balaban J connectivity index is 1.77. The van der Waals surface area contributed by atoms with Crippen LogP contribution in [0, 0.1) is 11.3 Å². The molecule has 0 unspecified atom stereocenters. The molecule has 0 aliphatic carbocycles. The lowest BCUT2D eigenvalue weighted by Crippen LogP contribution is -2.22. The number of benzene rings is 3. The number of nitrogens with zero attached hydrogens (tertiary/aromatic N) is 3. The molecule has 0 radical (unpaired) electrons. The molecular weight excluding hydrogens is 490 g/mol. The Labute approximate surface area is 216 Å². The van der Waals surface area contributed by atoms with Crippen LogP contribution >= 0.6 is 0 Å². The smallest absolute Gasteiger partial charge is 0.337 e. The lowest BCUT2D eigenvalue weighted by atomic mass is 10.00. The molecule has 0 spiro atoms. The van der Waals surface area contributed by atoms with Crippen LogP contribution in [0.1, 0.15) is 40.3 Å². The Bertz CT molecular complexity index is 1650. The van der Waals surface area contributed by atoms with Gasteiger partial charge in [-0.25, -0.2) is 4.79 Å². The van der Waals surface area contributed by atoms with Crippen molar-refractivity contribution >= 4 is 51.7 Å². The summed E-state index contributed by atoms with van der Waals surface area (Å²) < 4.78 is 5.35. The number of rotatable bonds is 6. The number of fused-ring (bicyclic) bond motifs is 1. The van der Waals surface area contributed by atoms with E-state index in [1.165, 1.54) is 36.9 Å². The van der Waals surface area contributed by atoms with Crippen LogP contribution in [-0.4, -0.2) is 41.0 Å². The summed E-state index contributed by atoms with van der Waals surface area (Å²) in [4.78, 5) is 49.8. The van der Waals surface area contributed by atoms with Crippen molar-refractivity contribution in [1.29, 1.82) is 5.26 Å². The predicted molar refractivity (Wildman–Crippen MR) is 139 cm³/mol. The number of nitrogens with one attached hydrogen (secondary N) is 2. The van der Waals surface area contributed by atoms with Gasteiger partial charge in [0.05, 0.1) is 34.0 Å². The van der Waals surface area contributed by atoms with Gasteiger partial charge >= 0.3 is 5.97 Å². The third-order valence-corrected chi connectivity index (χ3v) is 5.80. The number of aromatic nitrogens is 1. The van der Waals surface area contributed by atoms with E-state index in [1.54, 1.807) is 37.4 Å². The molecule has 0 saturated carbocycles. The molecule has 1 aromatic heterocycles. The van der Waals surface area contributed by atoms with Gasteiger partial charge in [0, 0.05) is 38.2 Å². The van der Waals surface area contributed by atoms with Crippen molar-refractivity contribution in [3.8, 4) is 17.2 Å². The van der Waals surface area contributed by atoms with Crippen LogP contribution in [-0.2, 0) is 9.59 Å². The van der Waals surface area contributed by atoms with Crippen molar-refractivity contribution in [2.75, 3.05) is 22.6 Å². The van der Waals surface area contributed by atoms with Crippen LogP contribution in [0.3, 0.4) is 0 Å². The fourth-order valence-corrected chi connectivity index (χ4v) is 3.81. The number of amides is 3. The molecule has 0 fully saturated rings. The van der Waals surface area contributed by atoms with Gasteiger partial charge in [-0.3, -0.25) is 14.4 Å². The number of carboxylic acids is 1. The van der Waals surface area contributed by atoms with Crippen molar-refractivity contribution < 1.29 is 28.8 Å². The van der Waals surface area contributed by atoms with Crippen molar-refractivity contribution in [2.24, 2.45) is 0 Å². The van der Waals surface area contributed by atoms with E-state index in [0.717, 1.165) is 6.07 Å². The fourth-order valence-electron chi connectivity index (χ4n) is 3.81. The molecule has 4 rings (SSSR count). The van der Waals surface area contributed by atoms with Gasteiger partial charge in [-0.05, 0) is 42.0 Å². The van der Waals surface area contributed by atoms with Crippen molar-refractivity contribution in [3.05, 3.63) is 71.4 Å². The van der Waals surface area contributed by atoms with Crippen molar-refractivity contribution in [3.63, 3.8) is 0 Å². The van der Waals surface area contributed by atoms with Gasteiger partial charge in [0.15, 0.2) is 11.3 Å². The lowest BCUT2D eigenvalue weighted by molar-refractivity contribution is -0.116. The van der Waals surface area contributed by atoms with Gasteiger partial charge in [-0.2, -0.15) is 5.26 Å². The summed E-state index contributed by atoms with van der Waals surface area (Å²) in [6.45, 7) is 2.81. The highest BCUT2D eigenvalue weighted by molar-refractivity contribution is 6.14. The van der Waals surface area contributed by atoms with E-state index in [1.807, 2.05) is 6.07 Å². The number of carboxylic acid groups (broad SMARTS) is 1. The first-order chi connectivity index (χ1) is 18.1. The van der Waals surface area contributed by atoms with E-state index in [-0.39, 0.29) is 39.9 Å². The Morgan fingerprint density at radius 1 is 0.974 bits per heavy atom. The van der Waals surface area contributed by atoms with Gasteiger partial charge in [-0.15, -0.1) is 0 Å². The van der Waals surface area contributed by atoms with E-state index in [9.17, 15) is 24.3 Å². The van der Waals surface area contributed by atoms with Gasteiger partial charge in [0.1, 0.15) is 0 Å². The minimum absolute atomic E-state index is 0.0158. The normalized spacial score (nSPS) is 10.5. The molecule has 11 heteroatoms. The molecule has 0 atom stereocenters. The Morgan fingerprint density at radius 3 is 2.29 bits per heavy atom. The van der Waals surface area contributed by atoms with Gasteiger partial charge in [-0.1, -0.05) is 17.3 Å². The Morgan fingerprint density at radius 2 is 1.68 bits per heavy atom. The van der Waals surface area contributed by atoms with Crippen LogP contribution in [0.15, 0.2) is 59.1 Å². The molecule has 3 amide bonds. The van der Waals surface area contributed by atoms with E-state index >= 15 is 0 Å². The molecule has 1 heterocycles. The van der Waals surface area contributed by atoms with Crippen LogP contribution in [0.5, 0.6) is 0 Å². The van der Waals surface area contributed by atoms with Crippen LogP contribution < -0.4 is 15.5 Å². The summed E-state index contributed by atoms with van der Waals surface area (Å²) in [6, 6.07) is 15.9. The summed E-state index contributed by atoms with van der Waals surface area (Å²) in [6.07, 6.45) is 0. The first kappa shape index (κ1) is 25.6. The zero-order valence-corrected chi connectivity index (χ0v) is 20.5. The highest BCUT2D eigenvalue weighted by atomic mass is 16.5. The topological polar surface area (TPSA) is 166 Å². The standard InChI is InChI=1S/C27H21N5O6/c1-14(33)29-23-12-24-21(11-19(23)17-5-7-18(8-6-17)32(3)15(2)34)25(31-38-24)26(35)30-22-9-4-16(13-28)10-20(22)27(36)37/h4-12H,1-3H3,(H,29,33)(H,30,35)(H,36,37). The summed E-state index contributed by atoms with van der Waals surface area (Å²) in [5.74, 6) is -2.50. The largest absolute Gasteiger partial charge is 0.478 e. The second-order valence-electron chi connectivity index (χ2n) is 8.36. The number of anilines is 3. The molecule has 0 saturated heterocycles. The minimum atomic E-state index is -1.32. The minimum Gasteiger partial charge on any atom is -0.478 e. The second-order valence-corrected chi connectivity index (χ2v) is 8.36. The number of hydrogen-bond acceptors (Lipinski definition) is 7. The summed E-state index contributed by atoms with van der Waals surface area (Å²) in [7, 11) is 1.65. The quantitative estimate of drug-likeness (QED) is 0.345. The van der Waals surface area contributed by atoms with E-state index in [2.05, 4.69) is 15.8 Å². The van der Waals surface area contributed by atoms with E-state index < -0.39 is 11.9 Å². The van der Waals surface area contributed by atoms with Gasteiger partial charge in [0.25, 0.3) is 5.91 Å². The monoisotopic (exact) mass is 511 g/mol. The second kappa shape index (κ2) is 10.2. The summed E-state index contributed by atoms with van der Waals surface area (Å²) >= 11 is 0. The van der Waals surface area contributed by atoms with Crippen LogP contribution in [0.4, 0.5) is 17.1 Å².